The molecule has 1 N–H and O–H groups in total. The fraction of sp³-hybridized carbons (Fsp3) is 0.533. The van der Waals surface area contributed by atoms with Gasteiger partial charge in [-0.2, -0.15) is 0 Å². The molecule has 4 heteroatoms. The first kappa shape index (κ1) is 16.0. The normalized spacial score (nSPS) is 10.8. The van der Waals surface area contributed by atoms with E-state index in [1.807, 2.05) is 12.1 Å². The number of aliphatic hydroxyl groups excluding tert-OH is 1. The van der Waals surface area contributed by atoms with Crippen molar-refractivity contribution in [2.45, 2.75) is 39.2 Å². The number of aliphatic hydroxyl groups is 1. The Labute approximate surface area is 120 Å². The number of carbonyl (C=O) groups is 1. The Bertz CT molecular complexity index is 388. The molecule has 0 saturated carbocycles. The summed E-state index contributed by atoms with van der Waals surface area (Å²) in [6.07, 6.45) is 2.17. The van der Waals surface area contributed by atoms with Crippen LogP contribution in [0.3, 0.4) is 0 Å². The molecule has 0 aliphatic rings. The Morgan fingerprint density at radius 1 is 1.26 bits per heavy atom. The number of carbonyl (C=O) groups excluding carboxylic acids is 1. The summed E-state index contributed by atoms with van der Waals surface area (Å²) in [6, 6.07) is 7.51. The van der Waals surface area contributed by atoms with Gasteiger partial charge >= 0.3 is 0 Å². The number of hydrogen-bond acceptors (Lipinski definition) is 2. The first-order valence-electron chi connectivity index (χ1n) is 6.77. The van der Waals surface area contributed by atoms with Crippen LogP contribution in [0, 0.1) is 0 Å². The van der Waals surface area contributed by atoms with Crippen LogP contribution >= 0.6 is 11.6 Å². The van der Waals surface area contributed by atoms with Crippen LogP contribution in [-0.4, -0.2) is 35.1 Å². The molecule has 0 atom stereocenters. The number of hydrogen-bond donors (Lipinski definition) is 1. The lowest BCUT2D eigenvalue weighted by Gasteiger charge is -2.30. The smallest absolute Gasteiger partial charge is 0.227 e. The van der Waals surface area contributed by atoms with E-state index in [0.29, 0.717) is 18.0 Å². The highest BCUT2D eigenvalue weighted by Gasteiger charge is 2.20. The second kappa shape index (κ2) is 8.18. The van der Waals surface area contributed by atoms with Gasteiger partial charge in [0.05, 0.1) is 13.0 Å². The highest BCUT2D eigenvalue weighted by molar-refractivity contribution is 6.30. The minimum Gasteiger partial charge on any atom is -0.395 e. The number of benzene rings is 1. The first-order chi connectivity index (χ1) is 9.12. The fourth-order valence-electron chi connectivity index (χ4n) is 2.23. The lowest BCUT2D eigenvalue weighted by atomic mass is 10.1. The molecule has 0 saturated heterocycles. The molecule has 19 heavy (non-hydrogen) atoms. The van der Waals surface area contributed by atoms with Crippen LogP contribution in [0.4, 0.5) is 0 Å². The van der Waals surface area contributed by atoms with Crippen LogP contribution < -0.4 is 0 Å². The molecular formula is C15H22ClNO2. The molecule has 0 aliphatic carbocycles. The molecule has 1 aromatic carbocycles. The summed E-state index contributed by atoms with van der Waals surface area (Å²) in [6.45, 7) is 4.53. The van der Waals surface area contributed by atoms with Crippen molar-refractivity contribution < 1.29 is 9.90 Å². The van der Waals surface area contributed by atoms with Crippen LogP contribution in [0.25, 0.3) is 0 Å². The predicted molar refractivity (Wildman–Crippen MR) is 78.3 cm³/mol. The van der Waals surface area contributed by atoms with Crippen molar-refractivity contribution in [1.29, 1.82) is 0 Å². The van der Waals surface area contributed by atoms with Crippen molar-refractivity contribution >= 4 is 17.5 Å². The molecule has 0 bridgehead atoms. The van der Waals surface area contributed by atoms with Crippen molar-refractivity contribution in [3.05, 3.63) is 34.9 Å². The Morgan fingerprint density at radius 3 is 2.32 bits per heavy atom. The Morgan fingerprint density at radius 2 is 1.84 bits per heavy atom. The maximum atomic E-state index is 12.3. The SMILES string of the molecule is CCC(CC)N(CCO)C(=O)Cc1ccc(Cl)cc1. The molecule has 0 radical (unpaired) electrons. The van der Waals surface area contributed by atoms with Gasteiger partial charge in [0.15, 0.2) is 0 Å². The van der Waals surface area contributed by atoms with E-state index in [9.17, 15) is 4.79 Å². The van der Waals surface area contributed by atoms with E-state index in [2.05, 4.69) is 13.8 Å². The maximum Gasteiger partial charge on any atom is 0.227 e. The van der Waals surface area contributed by atoms with Crippen LogP contribution in [0.15, 0.2) is 24.3 Å². The second-order valence-electron chi connectivity index (χ2n) is 4.58. The Hall–Kier alpha value is -1.06. The van der Waals surface area contributed by atoms with Crippen LogP contribution in [0.5, 0.6) is 0 Å². The highest BCUT2D eigenvalue weighted by atomic mass is 35.5. The maximum absolute atomic E-state index is 12.3. The Kier molecular flexibility index (Phi) is 6.89. The van der Waals surface area contributed by atoms with Gasteiger partial charge in [-0.1, -0.05) is 37.6 Å². The van der Waals surface area contributed by atoms with E-state index in [1.54, 1.807) is 17.0 Å². The largest absolute Gasteiger partial charge is 0.395 e. The molecule has 0 unspecified atom stereocenters. The summed E-state index contributed by atoms with van der Waals surface area (Å²) in [7, 11) is 0. The lowest BCUT2D eigenvalue weighted by molar-refractivity contribution is -0.133. The standard InChI is InChI=1S/C15H22ClNO2/c1-3-14(4-2)17(9-10-18)15(19)11-12-5-7-13(16)8-6-12/h5-8,14,18H,3-4,9-11H2,1-2H3. The van der Waals surface area contributed by atoms with Gasteiger partial charge in [-0.15, -0.1) is 0 Å². The summed E-state index contributed by atoms with van der Waals surface area (Å²) in [5, 5.41) is 9.79. The third-order valence-corrected chi connectivity index (χ3v) is 3.57. The molecular weight excluding hydrogens is 262 g/mol. The lowest BCUT2D eigenvalue weighted by Crippen LogP contribution is -2.42. The van der Waals surface area contributed by atoms with Gasteiger partial charge in [0.2, 0.25) is 5.91 Å². The van der Waals surface area contributed by atoms with E-state index < -0.39 is 0 Å². The quantitative estimate of drug-likeness (QED) is 0.836. The first-order valence-corrected chi connectivity index (χ1v) is 7.14. The third-order valence-electron chi connectivity index (χ3n) is 3.31. The van der Waals surface area contributed by atoms with Gasteiger partial charge in [-0.25, -0.2) is 0 Å². The molecule has 0 spiro atoms. The zero-order valence-corrected chi connectivity index (χ0v) is 12.4. The summed E-state index contributed by atoms with van der Waals surface area (Å²) >= 11 is 5.83. The van der Waals surface area contributed by atoms with E-state index in [4.69, 9.17) is 16.7 Å². The van der Waals surface area contributed by atoms with Crippen LogP contribution in [0.1, 0.15) is 32.3 Å². The minimum atomic E-state index is 0.00284. The zero-order valence-electron chi connectivity index (χ0n) is 11.6. The molecule has 0 heterocycles. The number of amides is 1. The summed E-state index contributed by atoms with van der Waals surface area (Å²) in [4.78, 5) is 14.1. The summed E-state index contributed by atoms with van der Waals surface area (Å²) in [5.41, 5.74) is 0.947. The fourth-order valence-corrected chi connectivity index (χ4v) is 2.35. The second-order valence-corrected chi connectivity index (χ2v) is 5.02. The van der Waals surface area contributed by atoms with Gasteiger partial charge in [-0.05, 0) is 30.5 Å². The Balaban J connectivity index is 2.73. The zero-order chi connectivity index (χ0) is 14.3. The average molecular weight is 284 g/mol. The molecule has 0 aliphatic heterocycles. The molecule has 0 aromatic heterocycles. The number of halogens is 1. The van der Waals surface area contributed by atoms with Crippen LogP contribution in [0.2, 0.25) is 5.02 Å². The van der Waals surface area contributed by atoms with E-state index in [0.717, 1.165) is 18.4 Å². The molecule has 0 fully saturated rings. The van der Waals surface area contributed by atoms with Crippen molar-refractivity contribution in [3.63, 3.8) is 0 Å². The number of nitrogens with zero attached hydrogens (tertiary/aromatic N) is 1. The molecule has 1 rings (SSSR count). The van der Waals surface area contributed by atoms with Gasteiger partial charge in [0.1, 0.15) is 0 Å². The summed E-state index contributed by atoms with van der Waals surface area (Å²) in [5.74, 6) is 0.0603. The molecule has 1 aromatic rings. The van der Waals surface area contributed by atoms with Crippen molar-refractivity contribution in [1.82, 2.24) is 4.90 Å². The molecule has 3 nitrogen and oxygen atoms in total. The summed E-state index contributed by atoms with van der Waals surface area (Å²) < 4.78 is 0. The number of rotatable bonds is 7. The molecule has 1 amide bonds. The molecule has 106 valence electrons. The van der Waals surface area contributed by atoms with E-state index in [1.165, 1.54) is 0 Å². The van der Waals surface area contributed by atoms with Gasteiger partial charge in [-0.3, -0.25) is 4.79 Å². The van der Waals surface area contributed by atoms with Gasteiger partial charge < -0.3 is 10.0 Å². The van der Waals surface area contributed by atoms with Gasteiger partial charge in [0.25, 0.3) is 0 Å². The highest BCUT2D eigenvalue weighted by Crippen LogP contribution is 2.14. The average Bonchev–Trinajstić information content (AvgIpc) is 2.41. The van der Waals surface area contributed by atoms with Crippen molar-refractivity contribution in [3.8, 4) is 0 Å². The van der Waals surface area contributed by atoms with Crippen molar-refractivity contribution in [2.24, 2.45) is 0 Å². The third kappa shape index (κ3) is 4.84. The van der Waals surface area contributed by atoms with Crippen LogP contribution in [-0.2, 0) is 11.2 Å². The van der Waals surface area contributed by atoms with Crippen molar-refractivity contribution in [2.75, 3.05) is 13.2 Å². The van der Waals surface area contributed by atoms with Gasteiger partial charge in [0, 0.05) is 17.6 Å². The topological polar surface area (TPSA) is 40.5 Å². The monoisotopic (exact) mass is 283 g/mol. The minimum absolute atomic E-state index is 0.00284. The van der Waals surface area contributed by atoms with E-state index >= 15 is 0 Å². The van der Waals surface area contributed by atoms with E-state index in [-0.39, 0.29) is 18.6 Å². The predicted octanol–water partition coefficient (Wildman–Crippen LogP) is 2.89.